The van der Waals surface area contributed by atoms with Gasteiger partial charge in [0.25, 0.3) is 5.56 Å². The maximum Gasteiger partial charge on any atom is 0.255 e. The van der Waals surface area contributed by atoms with Gasteiger partial charge in [0.1, 0.15) is 11.6 Å². The van der Waals surface area contributed by atoms with Gasteiger partial charge >= 0.3 is 0 Å². The number of rotatable bonds is 5. The van der Waals surface area contributed by atoms with Gasteiger partial charge in [0, 0.05) is 38.5 Å². The molecule has 1 aliphatic carbocycles. The number of carbonyl (C=O) groups is 1. The molecule has 3 heterocycles. The van der Waals surface area contributed by atoms with Crippen LogP contribution in [-0.4, -0.2) is 45.9 Å². The first-order chi connectivity index (χ1) is 14.6. The molecule has 1 N–H and O–H groups in total. The van der Waals surface area contributed by atoms with Crippen LogP contribution in [0.15, 0.2) is 29.1 Å². The van der Waals surface area contributed by atoms with E-state index in [2.05, 4.69) is 22.0 Å². The highest BCUT2D eigenvalue weighted by atomic mass is 16.5. The topological polar surface area (TPSA) is 78.5 Å². The Bertz CT molecular complexity index is 996. The Morgan fingerprint density at radius 1 is 1.20 bits per heavy atom. The van der Waals surface area contributed by atoms with E-state index < -0.39 is 0 Å². The van der Waals surface area contributed by atoms with Crippen LogP contribution >= 0.6 is 0 Å². The average Bonchev–Trinajstić information content (AvgIpc) is 3.50. The second-order valence-corrected chi connectivity index (χ2v) is 8.65. The molecule has 0 radical (unpaired) electrons. The summed E-state index contributed by atoms with van der Waals surface area (Å²) in [5.74, 6) is 1.95. The van der Waals surface area contributed by atoms with E-state index >= 15 is 0 Å². The molecule has 1 saturated carbocycles. The molecule has 5 rings (SSSR count). The van der Waals surface area contributed by atoms with E-state index in [-0.39, 0.29) is 23.4 Å². The number of aromatic nitrogens is 2. The summed E-state index contributed by atoms with van der Waals surface area (Å²) in [7, 11) is 1.66. The van der Waals surface area contributed by atoms with Gasteiger partial charge in [-0.15, -0.1) is 0 Å². The van der Waals surface area contributed by atoms with Gasteiger partial charge in [0.15, 0.2) is 0 Å². The molecular formula is C23H28N4O3. The van der Waals surface area contributed by atoms with Gasteiger partial charge in [-0.05, 0) is 43.4 Å². The van der Waals surface area contributed by atoms with Crippen molar-refractivity contribution in [3.8, 4) is 5.75 Å². The first kappa shape index (κ1) is 19.3. The third-order valence-corrected chi connectivity index (χ3v) is 6.51. The van der Waals surface area contributed by atoms with Crippen molar-refractivity contribution in [1.29, 1.82) is 0 Å². The molecule has 30 heavy (non-hydrogen) atoms. The number of nitrogens with zero attached hydrogens (tertiary/aromatic N) is 3. The molecule has 2 aliphatic heterocycles. The molecule has 0 bridgehead atoms. The van der Waals surface area contributed by atoms with Gasteiger partial charge < -0.3 is 14.6 Å². The summed E-state index contributed by atoms with van der Waals surface area (Å²) in [5.41, 5.74) is 2.79. The minimum absolute atomic E-state index is 0.0554. The van der Waals surface area contributed by atoms with Crippen LogP contribution in [0.2, 0.25) is 0 Å². The highest BCUT2D eigenvalue weighted by Crippen LogP contribution is 2.37. The second kappa shape index (κ2) is 7.87. The van der Waals surface area contributed by atoms with Crippen LogP contribution in [0, 0.1) is 5.92 Å². The van der Waals surface area contributed by atoms with Crippen molar-refractivity contribution < 1.29 is 9.53 Å². The Kier molecular flexibility index (Phi) is 5.06. The number of aromatic amines is 1. The van der Waals surface area contributed by atoms with Crippen molar-refractivity contribution in [1.82, 2.24) is 19.8 Å². The third kappa shape index (κ3) is 3.74. The zero-order valence-corrected chi connectivity index (χ0v) is 17.4. The maximum absolute atomic E-state index is 12.9. The molecule has 1 unspecified atom stereocenters. The minimum atomic E-state index is -0.0755. The summed E-state index contributed by atoms with van der Waals surface area (Å²) in [6.45, 7) is 3.02. The molecular weight excluding hydrogens is 380 g/mol. The minimum Gasteiger partial charge on any atom is -0.497 e. The van der Waals surface area contributed by atoms with E-state index in [0.717, 1.165) is 68.7 Å². The summed E-state index contributed by atoms with van der Waals surface area (Å²) in [6, 6.07) is 7.97. The third-order valence-electron chi connectivity index (χ3n) is 6.51. The van der Waals surface area contributed by atoms with Crippen molar-refractivity contribution in [3.63, 3.8) is 0 Å². The molecule has 7 nitrogen and oxygen atoms in total. The van der Waals surface area contributed by atoms with Gasteiger partial charge in [-0.1, -0.05) is 12.1 Å². The molecule has 3 aliphatic rings. The van der Waals surface area contributed by atoms with E-state index in [9.17, 15) is 9.59 Å². The fraction of sp³-hybridized carbons (Fsp3) is 0.522. The summed E-state index contributed by atoms with van der Waals surface area (Å²) in [5, 5.41) is 0. The lowest BCUT2D eigenvalue weighted by molar-refractivity contribution is -0.133. The molecule has 1 amide bonds. The van der Waals surface area contributed by atoms with Crippen molar-refractivity contribution in [2.45, 2.75) is 51.2 Å². The van der Waals surface area contributed by atoms with Gasteiger partial charge in [-0.25, -0.2) is 4.98 Å². The van der Waals surface area contributed by atoms with E-state index in [1.165, 1.54) is 5.56 Å². The number of fused-ring (bicyclic) bond motifs is 1. The number of H-pyrrole nitrogens is 1. The zero-order chi connectivity index (χ0) is 20.7. The van der Waals surface area contributed by atoms with Crippen LogP contribution in [0.3, 0.4) is 0 Å². The van der Waals surface area contributed by atoms with Gasteiger partial charge in [-0.3, -0.25) is 14.5 Å². The lowest BCUT2D eigenvalue weighted by Crippen LogP contribution is -2.38. The standard InChI is InChI=1S/C23H28N4O3/c1-30-17-8-4-15(5-9-17)13-26-12-10-19-18(14-26)22(28)25-21(24-19)20-3-2-11-27(20)23(29)16-6-7-16/h4-5,8-9,16,20H,2-3,6-7,10-14H2,1H3,(H,24,25,28). The number of carbonyl (C=O) groups excluding carboxylic acids is 1. The SMILES string of the molecule is COc1ccc(CN2CCc3nc(C4CCCN4C(=O)C4CC4)[nH]c(=O)c3C2)cc1. The van der Waals surface area contributed by atoms with Crippen molar-refractivity contribution in [3.05, 3.63) is 57.3 Å². The van der Waals surface area contributed by atoms with E-state index in [1.54, 1.807) is 7.11 Å². The Balaban J connectivity index is 1.32. The predicted molar refractivity (Wildman–Crippen MR) is 112 cm³/mol. The van der Waals surface area contributed by atoms with Crippen LogP contribution in [-0.2, 0) is 24.3 Å². The summed E-state index contributed by atoms with van der Waals surface area (Å²) >= 11 is 0. The van der Waals surface area contributed by atoms with Crippen molar-refractivity contribution in [2.24, 2.45) is 5.92 Å². The largest absolute Gasteiger partial charge is 0.497 e. The van der Waals surface area contributed by atoms with Crippen LogP contribution in [0.1, 0.15) is 54.4 Å². The fourth-order valence-corrected chi connectivity index (χ4v) is 4.66. The number of ether oxygens (including phenoxy) is 1. The molecule has 1 saturated heterocycles. The van der Waals surface area contributed by atoms with E-state index in [1.807, 2.05) is 17.0 Å². The molecule has 1 aromatic heterocycles. The molecule has 2 aromatic rings. The predicted octanol–water partition coefficient (Wildman–Crippen LogP) is 2.41. The molecule has 0 spiro atoms. The number of nitrogens with one attached hydrogen (secondary N) is 1. The van der Waals surface area contributed by atoms with Crippen LogP contribution in [0.4, 0.5) is 0 Å². The van der Waals surface area contributed by atoms with E-state index in [0.29, 0.717) is 12.4 Å². The van der Waals surface area contributed by atoms with Crippen LogP contribution < -0.4 is 10.3 Å². The van der Waals surface area contributed by atoms with Crippen molar-refractivity contribution in [2.75, 3.05) is 20.2 Å². The summed E-state index contributed by atoms with van der Waals surface area (Å²) < 4.78 is 5.22. The number of benzene rings is 1. The first-order valence-electron chi connectivity index (χ1n) is 10.9. The summed E-state index contributed by atoms with van der Waals surface area (Å²) in [4.78, 5) is 37.6. The smallest absolute Gasteiger partial charge is 0.255 e. The van der Waals surface area contributed by atoms with Crippen LogP contribution in [0.25, 0.3) is 0 Å². The average molecular weight is 409 g/mol. The number of methoxy groups -OCH3 is 1. The molecule has 158 valence electrons. The fourth-order valence-electron chi connectivity index (χ4n) is 4.66. The molecule has 1 atom stereocenters. The number of hydrogen-bond acceptors (Lipinski definition) is 5. The molecule has 2 fully saturated rings. The quantitative estimate of drug-likeness (QED) is 0.822. The van der Waals surface area contributed by atoms with Gasteiger partial charge in [0.05, 0.1) is 24.4 Å². The number of hydrogen-bond donors (Lipinski definition) is 1. The first-order valence-corrected chi connectivity index (χ1v) is 10.9. The lowest BCUT2D eigenvalue weighted by atomic mass is 10.0. The lowest BCUT2D eigenvalue weighted by Gasteiger charge is -2.29. The van der Waals surface area contributed by atoms with Crippen molar-refractivity contribution >= 4 is 5.91 Å². The Morgan fingerprint density at radius 3 is 2.73 bits per heavy atom. The van der Waals surface area contributed by atoms with E-state index in [4.69, 9.17) is 9.72 Å². The molecule has 7 heteroatoms. The van der Waals surface area contributed by atoms with Gasteiger partial charge in [-0.2, -0.15) is 0 Å². The van der Waals surface area contributed by atoms with Crippen LogP contribution in [0.5, 0.6) is 5.75 Å². The highest BCUT2D eigenvalue weighted by molar-refractivity contribution is 5.81. The Labute approximate surface area is 176 Å². The molecule has 1 aromatic carbocycles. The Hall–Kier alpha value is -2.67. The monoisotopic (exact) mass is 408 g/mol. The van der Waals surface area contributed by atoms with Gasteiger partial charge in [0.2, 0.25) is 5.91 Å². The normalized spacial score (nSPS) is 21.5. The second-order valence-electron chi connectivity index (χ2n) is 8.65. The Morgan fingerprint density at radius 2 is 2.00 bits per heavy atom. The highest BCUT2D eigenvalue weighted by Gasteiger charge is 2.40. The number of amides is 1. The maximum atomic E-state index is 12.9. The number of likely N-dealkylation sites (tertiary alicyclic amines) is 1. The summed E-state index contributed by atoms with van der Waals surface area (Å²) in [6.07, 6.45) is 4.61. The zero-order valence-electron chi connectivity index (χ0n) is 17.4.